The first kappa shape index (κ1) is 22.2. The lowest BCUT2D eigenvalue weighted by Crippen LogP contribution is -2.32. The molecule has 7 heteroatoms. The largest absolute Gasteiger partial charge is 0.451 e. The van der Waals surface area contributed by atoms with Gasteiger partial charge in [0.15, 0.2) is 12.3 Å². The van der Waals surface area contributed by atoms with E-state index in [1.165, 1.54) is 9.58 Å². The number of carbonyl (C=O) groups excluding carboxylic acids is 2. The molecule has 0 aliphatic heterocycles. The topological polar surface area (TPSA) is 81.5 Å². The third-order valence-corrected chi connectivity index (χ3v) is 4.89. The maximum Gasteiger partial charge on any atom is 0.359 e. The van der Waals surface area contributed by atoms with Gasteiger partial charge in [0, 0.05) is 25.5 Å². The van der Waals surface area contributed by atoms with Crippen molar-refractivity contribution in [3.8, 4) is 0 Å². The highest BCUT2D eigenvalue weighted by molar-refractivity contribution is 6.02. The monoisotopic (exact) mass is 421 g/mol. The number of likely N-dealkylation sites (N-methyl/N-ethyl adjacent to an activating group) is 1. The van der Waals surface area contributed by atoms with Gasteiger partial charge in [-0.2, -0.15) is 5.10 Å². The number of carbonyl (C=O) groups is 2. The Hall–Kier alpha value is -3.48. The van der Waals surface area contributed by atoms with E-state index < -0.39 is 12.6 Å². The summed E-state index contributed by atoms with van der Waals surface area (Å²) in [5.41, 5.74) is 1.91. The highest BCUT2D eigenvalue weighted by Crippen LogP contribution is 2.15. The molecule has 0 radical (unpaired) electrons. The number of benzene rings is 2. The number of fused-ring (bicyclic) bond motifs is 1. The van der Waals surface area contributed by atoms with Gasteiger partial charge in [0.2, 0.25) is 0 Å². The summed E-state index contributed by atoms with van der Waals surface area (Å²) in [6.07, 6.45) is 0. The van der Waals surface area contributed by atoms with Crippen LogP contribution in [0.3, 0.4) is 0 Å². The van der Waals surface area contributed by atoms with Gasteiger partial charge < -0.3 is 9.64 Å². The first-order valence-electron chi connectivity index (χ1n) is 10.2. The summed E-state index contributed by atoms with van der Waals surface area (Å²) in [5.74, 6) is -0.883. The van der Waals surface area contributed by atoms with Crippen molar-refractivity contribution in [2.24, 2.45) is 5.92 Å². The van der Waals surface area contributed by atoms with Crippen molar-refractivity contribution >= 4 is 22.6 Å². The molecule has 31 heavy (non-hydrogen) atoms. The summed E-state index contributed by atoms with van der Waals surface area (Å²) in [4.78, 5) is 39.4. The number of nitrogens with zero attached hydrogens (tertiary/aromatic N) is 3. The lowest BCUT2D eigenvalue weighted by Gasteiger charge is -2.17. The molecule has 0 saturated heterocycles. The number of hydrogen-bond donors (Lipinski definition) is 0. The van der Waals surface area contributed by atoms with E-state index in [2.05, 4.69) is 5.10 Å². The van der Waals surface area contributed by atoms with Crippen molar-refractivity contribution in [3.63, 3.8) is 0 Å². The Bertz CT molecular complexity index is 1150. The van der Waals surface area contributed by atoms with E-state index in [1.807, 2.05) is 45.0 Å². The summed E-state index contributed by atoms with van der Waals surface area (Å²) in [7, 11) is 1.66. The van der Waals surface area contributed by atoms with Crippen molar-refractivity contribution in [1.29, 1.82) is 0 Å². The summed E-state index contributed by atoms with van der Waals surface area (Å²) in [5, 5.41) is 5.06. The smallest absolute Gasteiger partial charge is 0.359 e. The van der Waals surface area contributed by atoms with Gasteiger partial charge in [0.05, 0.1) is 5.39 Å². The van der Waals surface area contributed by atoms with Crippen LogP contribution in [-0.2, 0) is 22.6 Å². The molecule has 3 aromatic rings. The van der Waals surface area contributed by atoms with Crippen LogP contribution in [0.5, 0.6) is 0 Å². The molecular weight excluding hydrogens is 394 g/mol. The normalized spacial score (nSPS) is 11.0. The SMILES string of the molecule is Cc1ccc(CN(C)C(=O)COC(=O)c2nn(CC(C)C)c(=O)c3ccccc23)cc1. The molecule has 1 aromatic heterocycles. The Morgan fingerprint density at radius 3 is 2.35 bits per heavy atom. The Morgan fingerprint density at radius 2 is 1.71 bits per heavy atom. The molecule has 162 valence electrons. The molecule has 7 nitrogen and oxygen atoms in total. The molecule has 0 aliphatic carbocycles. The molecule has 2 aromatic carbocycles. The van der Waals surface area contributed by atoms with E-state index >= 15 is 0 Å². The minimum Gasteiger partial charge on any atom is -0.451 e. The Kier molecular flexibility index (Phi) is 6.84. The molecule has 0 N–H and O–H groups in total. The first-order valence-corrected chi connectivity index (χ1v) is 10.2. The Balaban J connectivity index is 1.75. The summed E-state index contributed by atoms with van der Waals surface area (Å²) < 4.78 is 6.55. The number of esters is 1. The van der Waals surface area contributed by atoms with Crippen molar-refractivity contribution in [1.82, 2.24) is 14.7 Å². The number of rotatable bonds is 7. The van der Waals surface area contributed by atoms with Crippen molar-refractivity contribution < 1.29 is 14.3 Å². The number of hydrogen-bond acceptors (Lipinski definition) is 5. The van der Waals surface area contributed by atoms with Crippen LogP contribution in [0.2, 0.25) is 0 Å². The summed E-state index contributed by atoms with van der Waals surface area (Å²) in [6.45, 7) is 6.31. The number of aromatic nitrogens is 2. The van der Waals surface area contributed by atoms with Crippen LogP contribution >= 0.6 is 0 Å². The average molecular weight is 421 g/mol. The van der Waals surface area contributed by atoms with Gasteiger partial charge in [0.1, 0.15) is 0 Å². The van der Waals surface area contributed by atoms with E-state index in [-0.39, 0.29) is 23.1 Å². The number of aryl methyl sites for hydroxylation is 1. The van der Waals surface area contributed by atoms with Crippen molar-refractivity contribution in [3.05, 3.63) is 75.7 Å². The molecule has 0 aliphatic rings. The quantitative estimate of drug-likeness (QED) is 0.548. The molecule has 0 fully saturated rings. The fourth-order valence-electron chi connectivity index (χ4n) is 3.22. The van der Waals surface area contributed by atoms with E-state index in [9.17, 15) is 14.4 Å². The highest BCUT2D eigenvalue weighted by atomic mass is 16.5. The fraction of sp³-hybridized carbons (Fsp3) is 0.333. The molecule has 1 heterocycles. The van der Waals surface area contributed by atoms with Gasteiger partial charge in [-0.25, -0.2) is 9.48 Å². The molecule has 0 atom stereocenters. The van der Waals surface area contributed by atoms with Gasteiger partial charge in [-0.3, -0.25) is 9.59 Å². The second kappa shape index (κ2) is 9.55. The van der Waals surface area contributed by atoms with Crippen molar-refractivity contribution in [2.45, 2.75) is 33.9 Å². The lowest BCUT2D eigenvalue weighted by molar-refractivity contribution is -0.133. The molecule has 1 amide bonds. The molecule has 0 bridgehead atoms. The van der Waals surface area contributed by atoms with Crippen LogP contribution in [-0.4, -0.2) is 40.2 Å². The zero-order valence-corrected chi connectivity index (χ0v) is 18.3. The van der Waals surface area contributed by atoms with Crippen LogP contribution in [0.15, 0.2) is 53.3 Å². The van der Waals surface area contributed by atoms with E-state index in [1.54, 1.807) is 31.3 Å². The molecule has 0 unspecified atom stereocenters. The zero-order valence-electron chi connectivity index (χ0n) is 18.3. The van der Waals surface area contributed by atoms with Gasteiger partial charge in [-0.1, -0.05) is 61.9 Å². The van der Waals surface area contributed by atoms with Crippen LogP contribution in [0.25, 0.3) is 10.8 Å². The van der Waals surface area contributed by atoms with E-state index in [4.69, 9.17) is 4.74 Å². The number of amides is 1. The lowest BCUT2D eigenvalue weighted by atomic mass is 10.1. The minimum absolute atomic E-state index is 0.0323. The maximum absolute atomic E-state index is 12.8. The van der Waals surface area contributed by atoms with Gasteiger partial charge >= 0.3 is 5.97 Å². The van der Waals surface area contributed by atoms with Gasteiger partial charge in [-0.15, -0.1) is 0 Å². The molecule has 3 rings (SSSR count). The predicted molar refractivity (Wildman–Crippen MR) is 119 cm³/mol. The van der Waals surface area contributed by atoms with E-state index in [0.717, 1.165) is 11.1 Å². The second-order valence-corrected chi connectivity index (χ2v) is 8.09. The molecule has 0 saturated carbocycles. The fourth-order valence-corrected chi connectivity index (χ4v) is 3.22. The van der Waals surface area contributed by atoms with Crippen LogP contribution in [0.4, 0.5) is 0 Å². The average Bonchev–Trinajstić information content (AvgIpc) is 2.75. The number of ether oxygens (including phenoxy) is 1. The van der Waals surface area contributed by atoms with Crippen molar-refractivity contribution in [2.75, 3.05) is 13.7 Å². The Labute approximate surface area is 181 Å². The molecule has 0 spiro atoms. The van der Waals surface area contributed by atoms with Crippen LogP contribution < -0.4 is 5.56 Å². The van der Waals surface area contributed by atoms with Gasteiger partial charge in [0.25, 0.3) is 11.5 Å². The van der Waals surface area contributed by atoms with Gasteiger partial charge in [-0.05, 0) is 24.5 Å². The predicted octanol–water partition coefficient (Wildman–Crippen LogP) is 3.18. The highest BCUT2D eigenvalue weighted by Gasteiger charge is 2.20. The third-order valence-electron chi connectivity index (χ3n) is 4.89. The maximum atomic E-state index is 12.8. The standard InChI is InChI=1S/C24H27N3O4/c1-16(2)13-27-23(29)20-8-6-5-7-19(20)22(25-27)24(30)31-15-21(28)26(4)14-18-11-9-17(3)10-12-18/h5-12,16H,13-15H2,1-4H3. The summed E-state index contributed by atoms with van der Waals surface area (Å²) >= 11 is 0. The van der Waals surface area contributed by atoms with E-state index in [0.29, 0.717) is 23.9 Å². The minimum atomic E-state index is -0.731. The molecular formula is C24H27N3O4. The third kappa shape index (κ3) is 5.36. The first-order chi connectivity index (χ1) is 14.8. The Morgan fingerprint density at radius 1 is 1.06 bits per heavy atom. The van der Waals surface area contributed by atoms with Crippen LogP contribution in [0.1, 0.15) is 35.5 Å². The van der Waals surface area contributed by atoms with Crippen LogP contribution in [0, 0.1) is 12.8 Å². The second-order valence-electron chi connectivity index (χ2n) is 8.09. The summed E-state index contributed by atoms with van der Waals surface area (Å²) in [6, 6.07) is 14.7. The zero-order chi connectivity index (χ0) is 22.5.